The number of hydrogen-bond acceptors (Lipinski definition) is 4. The molecule has 0 aliphatic rings. The van der Waals surface area contributed by atoms with Crippen LogP contribution in [0.5, 0.6) is 0 Å². The van der Waals surface area contributed by atoms with Gasteiger partial charge in [0.1, 0.15) is 18.7 Å². The molecule has 1 heterocycles. The molecule has 0 spiro atoms. The maximum atomic E-state index is 4.58. The lowest BCUT2D eigenvalue weighted by atomic mass is 10.0. The van der Waals surface area contributed by atoms with Crippen molar-refractivity contribution in [2.24, 2.45) is 18.0 Å². The van der Waals surface area contributed by atoms with Crippen molar-refractivity contribution in [3.8, 4) is 0 Å². The fourth-order valence-electron chi connectivity index (χ4n) is 2.19. The Hall–Kier alpha value is -0.900. The highest BCUT2D eigenvalue weighted by Crippen LogP contribution is 2.08. The maximum Gasteiger partial charge on any atom is 0.191 e. The zero-order valence-electron chi connectivity index (χ0n) is 15.2. The van der Waals surface area contributed by atoms with Crippen molar-refractivity contribution in [2.75, 3.05) is 27.2 Å². The molecule has 1 rings (SSSR count). The summed E-state index contributed by atoms with van der Waals surface area (Å²) in [5.41, 5.74) is 0. The highest BCUT2D eigenvalue weighted by atomic mass is 127. The van der Waals surface area contributed by atoms with E-state index in [1.165, 1.54) is 0 Å². The topological polar surface area (TPSA) is 70.4 Å². The Labute approximate surface area is 157 Å². The van der Waals surface area contributed by atoms with Crippen molar-refractivity contribution < 1.29 is 0 Å². The SMILES string of the molecule is CCNC(=NCc1ncnn1C)NCC(CC(C)C)N(C)C.I. The Kier molecular flexibility index (Phi) is 11.2. The van der Waals surface area contributed by atoms with E-state index in [2.05, 4.69) is 65.5 Å². The van der Waals surface area contributed by atoms with Crippen LogP contribution in [0.15, 0.2) is 11.3 Å². The summed E-state index contributed by atoms with van der Waals surface area (Å²) in [5, 5.41) is 10.8. The second kappa shape index (κ2) is 11.6. The van der Waals surface area contributed by atoms with Crippen LogP contribution >= 0.6 is 24.0 Å². The zero-order chi connectivity index (χ0) is 16.5. The molecule has 1 atom stereocenters. The van der Waals surface area contributed by atoms with Crippen LogP contribution in [0.3, 0.4) is 0 Å². The summed E-state index contributed by atoms with van der Waals surface area (Å²) in [6.45, 7) is 8.80. The van der Waals surface area contributed by atoms with Crippen molar-refractivity contribution in [3.05, 3.63) is 12.2 Å². The van der Waals surface area contributed by atoms with Crippen molar-refractivity contribution in [3.63, 3.8) is 0 Å². The van der Waals surface area contributed by atoms with Crippen LogP contribution in [-0.2, 0) is 13.6 Å². The van der Waals surface area contributed by atoms with E-state index in [1.807, 2.05) is 7.05 Å². The fraction of sp³-hybridized carbons (Fsp3) is 0.800. The molecule has 7 nitrogen and oxygen atoms in total. The molecule has 1 aromatic rings. The minimum atomic E-state index is 0. The highest BCUT2D eigenvalue weighted by Gasteiger charge is 2.13. The number of nitrogens with one attached hydrogen (secondary N) is 2. The lowest BCUT2D eigenvalue weighted by molar-refractivity contribution is 0.254. The molecule has 1 aromatic heterocycles. The van der Waals surface area contributed by atoms with Crippen LogP contribution < -0.4 is 10.6 Å². The van der Waals surface area contributed by atoms with Gasteiger partial charge in [0.15, 0.2) is 5.96 Å². The van der Waals surface area contributed by atoms with Gasteiger partial charge in [-0.15, -0.1) is 24.0 Å². The number of halogens is 1. The van der Waals surface area contributed by atoms with E-state index in [9.17, 15) is 0 Å². The van der Waals surface area contributed by atoms with Gasteiger partial charge in [-0.1, -0.05) is 13.8 Å². The van der Waals surface area contributed by atoms with Gasteiger partial charge in [0.25, 0.3) is 0 Å². The second-order valence-electron chi connectivity index (χ2n) is 6.12. The third kappa shape index (κ3) is 8.50. The van der Waals surface area contributed by atoms with Gasteiger partial charge >= 0.3 is 0 Å². The molecule has 0 saturated carbocycles. The van der Waals surface area contributed by atoms with Crippen molar-refractivity contribution in [2.45, 2.75) is 39.8 Å². The third-order valence-corrected chi connectivity index (χ3v) is 3.51. The molecular weight excluding hydrogens is 405 g/mol. The summed E-state index contributed by atoms with van der Waals surface area (Å²) < 4.78 is 1.74. The smallest absolute Gasteiger partial charge is 0.191 e. The molecular formula is C15H32IN7. The van der Waals surface area contributed by atoms with Crippen LogP contribution in [0.4, 0.5) is 0 Å². The quantitative estimate of drug-likeness (QED) is 0.366. The van der Waals surface area contributed by atoms with Gasteiger partial charge in [0.2, 0.25) is 0 Å². The summed E-state index contributed by atoms with van der Waals surface area (Å²) in [7, 11) is 6.12. The summed E-state index contributed by atoms with van der Waals surface area (Å²) >= 11 is 0. The van der Waals surface area contributed by atoms with Gasteiger partial charge < -0.3 is 15.5 Å². The van der Waals surface area contributed by atoms with Gasteiger partial charge in [-0.25, -0.2) is 9.98 Å². The van der Waals surface area contributed by atoms with Crippen molar-refractivity contribution in [1.29, 1.82) is 0 Å². The molecule has 0 saturated heterocycles. The molecule has 0 aliphatic heterocycles. The molecule has 8 heteroatoms. The predicted octanol–water partition coefficient (Wildman–Crippen LogP) is 1.46. The minimum absolute atomic E-state index is 0. The molecule has 0 fully saturated rings. The lowest BCUT2D eigenvalue weighted by Gasteiger charge is -2.27. The summed E-state index contributed by atoms with van der Waals surface area (Å²) in [6.07, 6.45) is 2.71. The molecule has 0 aliphatic carbocycles. The lowest BCUT2D eigenvalue weighted by Crippen LogP contribution is -2.45. The van der Waals surface area contributed by atoms with E-state index in [0.717, 1.165) is 31.3 Å². The maximum absolute atomic E-state index is 4.58. The number of hydrogen-bond donors (Lipinski definition) is 2. The standard InChI is InChI=1S/C15H31N7.HI/c1-7-16-15(18-10-14-19-11-20-22(14)6)17-9-13(21(4)5)8-12(2)3;/h11-13H,7-10H2,1-6H3,(H2,16,17,18);1H. The monoisotopic (exact) mass is 437 g/mol. The Bertz CT molecular complexity index is 456. The molecule has 23 heavy (non-hydrogen) atoms. The average Bonchev–Trinajstić information content (AvgIpc) is 2.85. The summed E-state index contributed by atoms with van der Waals surface area (Å²) in [6, 6.07) is 0.485. The fourth-order valence-corrected chi connectivity index (χ4v) is 2.19. The van der Waals surface area contributed by atoms with E-state index < -0.39 is 0 Å². The van der Waals surface area contributed by atoms with Gasteiger partial charge in [-0.3, -0.25) is 4.68 Å². The highest BCUT2D eigenvalue weighted by molar-refractivity contribution is 14.0. The largest absolute Gasteiger partial charge is 0.357 e. The average molecular weight is 437 g/mol. The van der Waals surface area contributed by atoms with Gasteiger partial charge in [-0.2, -0.15) is 5.10 Å². The minimum Gasteiger partial charge on any atom is -0.357 e. The number of likely N-dealkylation sites (N-methyl/N-ethyl adjacent to an activating group) is 1. The van der Waals surface area contributed by atoms with Gasteiger partial charge in [0.05, 0.1) is 0 Å². The molecule has 0 amide bonds. The van der Waals surface area contributed by atoms with E-state index >= 15 is 0 Å². The van der Waals surface area contributed by atoms with Gasteiger partial charge in [0, 0.05) is 26.2 Å². The number of guanidine groups is 1. The number of aromatic nitrogens is 3. The van der Waals surface area contributed by atoms with E-state index in [4.69, 9.17) is 0 Å². The van der Waals surface area contributed by atoms with Crippen molar-refractivity contribution in [1.82, 2.24) is 30.3 Å². The predicted molar refractivity (Wildman–Crippen MR) is 106 cm³/mol. The van der Waals surface area contributed by atoms with E-state index in [-0.39, 0.29) is 24.0 Å². The Morgan fingerprint density at radius 1 is 1.35 bits per heavy atom. The van der Waals surface area contributed by atoms with Crippen LogP contribution in [-0.4, -0.2) is 58.9 Å². The second-order valence-corrected chi connectivity index (χ2v) is 6.12. The van der Waals surface area contributed by atoms with Crippen LogP contribution in [0.1, 0.15) is 33.0 Å². The first-order valence-electron chi connectivity index (χ1n) is 7.95. The van der Waals surface area contributed by atoms with Crippen LogP contribution in [0, 0.1) is 5.92 Å². The number of aliphatic imine (C=N–C) groups is 1. The first-order chi connectivity index (χ1) is 10.4. The van der Waals surface area contributed by atoms with Crippen LogP contribution in [0.25, 0.3) is 0 Å². The van der Waals surface area contributed by atoms with E-state index in [1.54, 1.807) is 11.0 Å². The Balaban J connectivity index is 0.00000484. The van der Waals surface area contributed by atoms with Crippen molar-refractivity contribution >= 4 is 29.9 Å². The molecule has 0 aromatic carbocycles. The third-order valence-electron chi connectivity index (χ3n) is 3.51. The number of aryl methyl sites for hydroxylation is 1. The van der Waals surface area contributed by atoms with Crippen LogP contribution in [0.2, 0.25) is 0 Å². The normalized spacial score (nSPS) is 13.1. The first-order valence-corrected chi connectivity index (χ1v) is 7.95. The number of rotatable bonds is 8. The summed E-state index contributed by atoms with van der Waals surface area (Å²) in [5.74, 6) is 2.34. The Morgan fingerprint density at radius 2 is 2.04 bits per heavy atom. The number of nitrogens with zero attached hydrogens (tertiary/aromatic N) is 5. The van der Waals surface area contributed by atoms with Gasteiger partial charge in [-0.05, 0) is 33.4 Å². The zero-order valence-corrected chi connectivity index (χ0v) is 17.5. The molecule has 0 bridgehead atoms. The van der Waals surface area contributed by atoms with E-state index in [0.29, 0.717) is 18.5 Å². The first kappa shape index (κ1) is 22.1. The molecule has 0 radical (unpaired) electrons. The molecule has 2 N–H and O–H groups in total. The molecule has 134 valence electrons. The Morgan fingerprint density at radius 3 is 2.52 bits per heavy atom. The molecule has 1 unspecified atom stereocenters. The summed E-state index contributed by atoms with van der Waals surface area (Å²) in [4.78, 5) is 11.0.